The van der Waals surface area contributed by atoms with Crippen LogP contribution >= 0.6 is 0 Å². The van der Waals surface area contributed by atoms with E-state index in [4.69, 9.17) is 0 Å². The van der Waals surface area contributed by atoms with Crippen molar-refractivity contribution < 1.29 is 0 Å². The smallest absolute Gasteiger partial charge is 0.0746 e. The van der Waals surface area contributed by atoms with Gasteiger partial charge in [-0.3, -0.25) is 9.88 Å². The number of para-hydroxylation sites is 1. The molecule has 2 saturated heterocycles. The molecule has 1 aromatic carbocycles. The standard InChI is InChI=1S/C22H29N3/c1-4-19-6-2-11-23-21(19)20(5-1)15-25-13-10-22(17-25)9-3-12-24(16-22)14-18-7-8-18/h1-2,4-6,11,18H,3,7-10,12-17H2. The SMILES string of the molecule is c1cnc2c(CN3CCC4(CCCN(CC5CC5)C4)C3)cccc2c1. The molecule has 0 radical (unpaired) electrons. The second kappa shape index (κ2) is 6.37. The molecule has 1 aliphatic carbocycles. The Morgan fingerprint density at radius 3 is 2.80 bits per heavy atom. The predicted molar refractivity (Wildman–Crippen MR) is 102 cm³/mol. The summed E-state index contributed by atoms with van der Waals surface area (Å²) in [6.07, 6.45) is 9.09. The van der Waals surface area contributed by atoms with Crippen molar-refractivity contribution in [3.63, 3.8) is 0 Å². The van der Waals surface area contributed by atoms with Gasteiger partial charge in [-0.05, 0) is 68.2 Å². The summed E-state index contributed by atoms with van der Waals surface area (Å²) < 4.78 is 0. The highest BCUT2D eigenvalue weighted by Gasteiger charge is 2.42. The zero-order valence-corrected chi connectivity index (χ0v) is 15.2. The summed E-state index contributed by atoms with van der Waals surface area (Å²) in [4.78, 5) is 10.1. The molecular formula is C22H29N3. The second-order valence-corrected chi connectivity index (χ2v) is 8.73. The summed E-state index contributed by atoms with van der Waals surface area (Å²) in [7, 11) is 0. The van der Waals surface area contributed by atoms with E-state index in [-0.39, 0.29) is 0 Å². The van der Waals surface area contributed by atoms with Gasteiger partial charge in [0.15, 0.2) is 0 Å². The monoisotopic (exact) mass is 335 g/mol. The van der Waals surface area contributed by atoms with Gasteiger partial charge in [0.05, 0.1) is 5.52 Å². The molecule has 132 valence electrons. The number of aromatic nitrogens is 1. The Hall–Kier alpha value is -1.45. The lowest BCUT2D eigenvalue weighted by Gasteiger charge is -2.40. The first-order chi connectivity index (χ1) is 12.3. The largest absolute Gasteiger partial charge is 0.302 e. The van der Waals surface area contributed by atoms with Crippen LogP contribution in [0.15, 0.2) is 36.5 Å². The molecule has 3 fully saturated rings. The van der Waals surface area contributed by atoms with Crippen molar-refractivity contribution in [1.82, 2.24) is 14.8 Å². The van der Waals surface area contributed by atoms with Crippen molar-refractivity contribution in [2.75, 3.05) is 32.7 Å². The van der Waals surface area contributed by atoms with E-state index in [0.29, 0.717) is 5.41 Å². The van der Waals surface area contributed by atoms with Gasteiger partial charge in [-0.25, -0.2) is 0 Å². The second-order valence-electron chi connectivity index (χ2n) is 8.73. The summed E-state index contributed by atoms with van der Waals surface area (Å²) in [6.45, 7) is 7.63. The molecule has 2 aliphatic heterocycles. The maximum atomic E-state index is 4.64. The Morgan fingerprint density at radius 2 is 1.88 bits per heavy atom. The lowest BCUT2D eigenvalue weighted by Crippen LogP contribution is -2.45. The van der Waals surface area contributed by atoms with Crippen molar-refractivity contribution in [1.29, 1.82) is 0 Å². The Morgan fingerprint density at radius 1 is 1.00 bits per heavy atom. The van der Waals surface area contributed by atoms with Crippen LogP contribution < -0.4 is 0 Å². The van der Waals surface area contributed by atoms with Crippen LogP contribution in [0.3, 0.4) is 0 Å². The highest BCUT2D eigenvalue weighted by atomic mass is 15.2. The minimum atomic E-state index is 0.561. The molecule has 3 aliphatic rings. The van der Waals surface area contributed by atoms with E-state index in [2.05, 4.69) is 39.0 Å². The molecule has 1 atom stereocenters. The number of nitrogens with zero attached hydrogens (tertiary/aromatic N) is 3. The summed E-state index contributed by atoms with van der Waals surface area (Å²) >= 11 is 0. The van der Waals surface area contributed by atoms with Crippen molar-refractivity contribution in [2.24, 2.45) is 11.3 Å². The summed E-state index contributed by atoms with van der Waals surface area (Å²) in [5, 5.41) is 1.27. The molecule has 0 bridgehead atoms. The van der Waals surface area contributed by atoms with Crippen LogP contribution in [-0.4, -0.2) is 47.5 Å². The third-order valence-electron chi connectivity index (χ3n) is 6.58. The number of likely N-dealkylation sites (tertiary alicyclic amines) is 2. The van der Waals surface area contributed by atoms with E-state index in [1.54, 1.807) is 0 Å². The molecule has 1 unspecified atom stereocenters. The molecule has 1 aromatic heterocycles. The first kappa shape index (κ1) is 15.8. The number of benzene rings is 1. The van der Waals surface area contributed by atoms with Crippen molar-refractivity contribution >= 4 is 10.9 Å². The van der Waals surface area contributed by atoms with E-state index in [0.717, 1.165) is 12.5 Å². The van der Waals surface area contributed by atoms with Gasteiger partial charge in [0.25, 0.3) is 0 Å². The number of piperidine rings is 1. The molecule has 0 amide bonds. The fourth-order valence-electron chi connectivity index (χ4n) is 5.16. The Bertz CT molecular complexity index is 749. The van der Waals surface area contributed by atoms with Gasteiger partial charge in [0, 0.05) is 37.8 Å². The molecule has 1 saturated carbocycles. The predicted octanol–water partition coefficient (Wildman–Crippen LogP) is 3.93. The quantitative estimate of drug-likeness (QED) is 0.844. The van der Waals surface area contributed by atoms with Gasteiger partial charge in [-0.15, -0.1) is 0 Å². The number of fused-ring (bicyclic) bond motifs is 1. The average molecular weight is 335 g/mol. The summed E-state index contributed by atoms with van der Waals surface area (Å²) in [6, 6.07) is 10.8. The van der Waals surface area contributed by atoms with Crippen LogP contribution in [0.2, 0.25) is 0 Å². The Balaban J connectivity index is 1.28. The molecule has 0 N–H and O–H groups in total. The van der Waals surface area contributed by atoms with E-state index in [9.17, 15) is 0 Å². The number of hydrogen-bond donors (Lipinski definition) is 0. The lowest BCUT2D eigenvalue weighted by atomic mass is 9.79. The summed E-state index contributed by atoms with van der Waals surface area (Å²) in [5.41, 5.74) is 3.14. The van der Waals surface area contributed by atoms with Gasteiger partial charge in [0.2, 0.25) is 0 Å². The third kappa shape index (κ3) is 3.32. The van der Waals surface area contributed by atoms with Crippen LogP contribution in [0.5, 0.6) is 0 Å². The maximum absolute atomic E-state index is 4.64. The third-order valence-corrected chi connectivity index (χ3v) is 6.58. The van der Waals surface area contributed by atoms with Gasteiger partial charge < -0.3 is 4.90 Å². The molecule has 3 nitrogen and oxygen atoms in total. The minimum absolute atomic E-state index is 0.561. The highest BCUT2D eigenvalue weighted by Crippen LogP contribution is 2.41. The zero-order valence-electron chi connectivity index (χ0n) is 15.2. The molecule has 5 rings (SSSR count). The molecule has 2 aromatic rings. The number of hydrogen-bond acceptors (Lipinski definition) is 3. The van der Waals surface area contributed by atoms with E-state index in [1.165, 1.54) is 81.3 Å². The van der Waals surface area contributed by atoms with Crippen LogP contribution in [0, 0.1) is 11.3 Å². The van der Waals surface area contributed by atoms with Gasteiger partial charge in [0.1, 0.15) is 0 Å². The Labute approximate surface area is 151 Å². The summed E-state index contributed by atoms with van der Waals surface area (Å²) in [5.74, 6) is 1.02. The minimum Gasteiger partial charge on any atom is -0.302 e. The Kier molecular flexibility index (Phi) is 4.02. The maximum Gasteiger partial charge on any atom is 0.0746 e. The zero-order chi connectivity index (χ0) is 16.7. The lowest BCUT2D eigenvalue weighted by molar-refractivity contribution is 0.0885. The number of rotatable bonds is 4. The van der Waals surface area contributed by atoms with Crippen molar-refractivity contribution in [3.8, 4) is 0 Å². The fourth-order valence-corrected chi connectivity index (χ4v) is 5.16. The highest BCUT2D eigenvalue weighted by molar-refractivity contribution is 5.81. The number of pyridine rings is 1. The first-order valence-electron chi connectivity index (χ1n) is 10.1. The molecule has 25 heavy (non-hydrogen) atoms. The normalized spacial score (nSPS) is 28.2. The topological polar surface area (TPSA) is 19.4 Å². The fraction of sp³-hybridized carbons (Fsp3) is 0.591. The first-order valence-corrected chi connectivity index (χ1v) is 10.1. The van der Waals surface area contributed by atoms with E-state index >= 15 is 0 Å². The average Bonchev–Trinajstić information content (AvgIpc) is 3.37. The van der Waals surface area contributed by atoms with Crippen molar-refractivity contribution in [3.05, 3.63) is 42.1 Å². The molecular weight excluding hydrogens is 306 g/mol. The van der Waals surface area contributed by atoms with Gasteiger partial charge >= 0.3 is 0 Å². The molecule has 3 heteroatoms. The molecule has 3 heterocycles. The van der Waals surface area contributed by atoms with Crippen LogP contribution in [0.4, 0.5) is 0 Å². The van der Waals surface area contributed by atoms with Crippen LogP contribution in [0.25, 0.3) is 10.9 Å². The van der Waals surface area contributed by atoms with E-state index < -0.39 is 0 Å². The van der Waals surface area contributed by atoms with Crippen molar-refractivity contribution in [2.45, 2.75) is 38.6 Å². The van der Waals surface area contributed by atoms with Gasteiger partial charge in [-0.2, -0.15) is 0 Å². The van der Waals surface area contributed by atoms with Crippen LogP contribution in [0.1, 0.15) is 37.7 Å². The molecule has 1 spiro atoms. The van der Waals surface area contributed by atoms with E-state index in [1.807, 2.05) is 12.3 Å². The van der Waals surface area contributed by atoms with Crippen LogP contribution in [-0.2, 0) is 6.54 Å². The van der Waals surface area contributed by atoms with Gasteiger partial charge in [-0.1, -0.05) is 24.3 Å².